The fourth-order valence-electron chi connectivity index (χ4n) is 1.67. The number of aryl methyl sites for hydroxylation is 1. The van der Waals surface area contributed by atoms with Gasteiger partial charge >= 0.3 is 0 Å². The van der Waals surface area contributed by atoms with Gasteiger partial charge in [0.2, 0.25) is 0 Å². The molecular weight excluding hydrogens is 191 g/mol. The van der Waals surface area contributed by atoms with Gasteiger partial charge in [0.1, 0.15) is 11.6 Å². The summed E-state index contributed by atoms with van der Waals surface area (Å²) in [5, 5.41) is 0. The van der Waals surface area contributed by atoms with Gasteiger partial charge in [0.15, 0.2) is 0 Å². The van der Waals surface area contributed by atoms with Gasteiger partial charge in [-0.1, -0.05) is 12.1 Å². The standard InChI is InChI=1S/C12H13FN2/c1-8-6-7-11(14)15-12(8)9-4-2-3-5-10(9)13/h4-7H,2-3H2,1H3,(H2,14,15). The quantitative estimate of drug-likeness (QED) is 0.763. The van der Waals surface area contributed by atoms with Gasteiger partial charge in [0.05, 0.1) is 5.69 Å². The lowest BCUT2D eigenvalue weighted by Gasteiger charge is -2.12. The summed E-state index contributed by atoms with van der Waals surface area (Å²) in [7, 11) is 0. The van der Waals surface area contributed by atoms with Crippen molar-refractivity contribution in [2.45, 2.75) is 19.8 Å². The van der Waals surface area contributed by atoms with Crippen molar-refractivity contribution in [2.24, 2.45) is 0 Å². The lowest BCUT2D eigenvalue weighted by atomic mass is 9.99. The number of nitrogens with two attached hydrogens (primary N) is 1. The molecule has 1 aromatic heterocycles. The largest absolute Gasteiger partial charge is 0.384 e. The minimum atomic E-state index is -0.192. The number of hydrogen-bond donors (Lipinski definition) is 1. The van der Waals surface area contributed by atoms with Crippen LogP contribution in [0.5, 0.6) is 0 Å². The number of hydrogen-bond acceptors (Lipinski definition) is 2. The summed E-state index contributed by atoms with van der Waals surface area (Å²) in [5.41, 5.74) is 7.78. The third kappa shape index (κ3) is 1.91. The highest BCUT2D eigenvalue weighted by atomic mass is 19.1. The Kier molecular flexibility index (Phi) is 2.54. The van der Waals surface area contributed by atoms with Gasteiger partial charge in [0.25, 0.3) is 0 Å². The summed E-state index contributed by atoms with van der Waals surface area (Å²) in [4.78, 5) is 4.18. The first-order chi connectivity index (χ1) is 7.18. The Hall–Kier alpha value is -1.64. The van der Waals surface area contributed by atoms with Crippen LogP contribution in [0.4, 0.5) is 10.2 Å². The van der Waals surface area contributed by atoms with E-state index in [4.69, 9.17) is 5.73 Å². The number of pyridine rings is 1. The molecule has 15 heavy (non-hydrogen) atoms. The topological polar surface area (TPSA) is 38.9 Å². The minimum absolute atomic E-state index is 0.192. The van der Waals surface area contributed by atoms with Crippen LogP contribution in [0.3, 0.4) is 0 Å². The molecule has 0 spiro atoms. The second-order valence-electron chi connectivity index (χ2n) is 3.65. The van der Waals surface area contributed by atoms with Gasteiger partial charge in [0, 0.05) is 5.57 Å². The van der Waals surface area contributed by atoms with Gasteiger partial charge in [-0.2, -0.15) is 0 Å². The van der Waals surface area contributed by atoms with Gasteiger partial charge in [-0.3, -0.25) is 0 Å². The van der Waals surface area contributed by atoms with Crippen LogP contribution < -0.4 is 5.73 Å². The van der Waals surface area contributed by atoms with Crippen LogP contribution >= 0.6 is 0 Å². The molecule has 0 atom stereocenters. The first-order valence-corrected chi connectivity index (χ1v) is 4.98. The molecule has 0 radical (unpaired) electrons. The van der Waals surface area contributed by atoms with E-state index in [1.165, 1.54) is 0 Å². The zero-order valence-electron chi connectivity index (χ0n) is 8.63. The Bertz CT molecular complexity index is 447. The summed E-state index contributed by atoms with van der Waals surface area (Å²) in [6.45, 7) is 1.91. The number of nitrogen functional groups attached to an aromatic ring is 1. The van der Waals surface area contributed by atoms with Crippen molar-refractivity contribution in [3.63, 3.8) is 0 Å². The molecule has 0 saturated carbocycles. The number of halogens is 1. The molecule has 1 aromatic rings. The molecule has 78 valence electrons. The minimum Gasteiger partial charge on any atom is -0.384 e. The van der Waals surface area contributed by atoms with Crippen LogP contribution in [0.15, 0.2) is 30.1 Å². The van der Waals surface area contributed by atoms with Gasteiger partial charge in [-0.05, 0) is 37.5 Å². The molecule has 0 aliphatic heterocycles. The van der Waals surface area contributed by atoms with Crippen LogP contribution in [-0.2, 0) is 0 Å². The highest BCUT2D eigenvalue weighted by molar-refractivity contribution is 5.77. The molecule has 2 rings (SSSR count). The van der Waals surface area contributed by atoms with Crippen molar-refractivity contribution in [2.75, 3.05) is 5.73 Å². The van der Waals surface area contributed by atoms with E-state index in [1.807, 2.05) is 19.1 Å². The van der Waals surface area contributed by atoms with E-state index in [9.17, 15) is 4.39 Å². The zero-order chi connectivity index (χ0) is 10.8. The monoisotopic (exact) mass is 204 g/mol. The zero-order valence-corrected chi connectivity index (χ0v) is 8.63. The maximum absolute atomic E-state index is 13.6. The molecule has 1 aliphatic carbocycles. The molecule has 0 saturated heterocycles. The maximum Gasteiger partial charge on any atom is 0.128 e. The van der Waals surface area contributed by atoms with Crippen LogP contribution in [0, 0.1) is 6.92 Å². The average molecular weight is 204 g/mol. The van der Waals surface area contributed by atoms with E-state index in [0.29, 0.717) is 17.1 Å². The highest BCUT2D eigenvalue weighted by Crippen LogP contribution is 2.30. The smallest absolute Gasteiger partial charge is 0.128 e. The summed E-state index contributed by atoms with van der Waals surface area (Å²) < 4.78 is 13.6. The van der Waals surface area contributed by atoms with E-state index in [0.717, 1.165) is 18.4 Å². The van der Waals surface area contributed by atoms with Crippen molar-refractivity contribution in [3.05, 3.63) is 41.4 Å². The van der Waals surface area contributed by atoms with Crippen molar-refractivity contribution >= 4 is 11.4 Å². The van der Waals surface area contributed by atoms with Crippen molar-refractivity contribution in [3.8, 4) is 0 Å². The molecule has 2 nitrogen and oxygen atoms in total. The lowest BCUT2D eigenvalue weighted by Crippen LogP contribution is -2.00. The third-order valence-corrected chi connectivity index (χ3v) is 2.47. The maximum atomic E-state index is 13.6. The molecule has 1 aliphatic rings. The van der Waals surface area contributed by atoms with E-state index < -0.39 is 0 Å². The first kappa shape index (κ1) is 9.90. The SMILES string of the molecule is Cc1ccc(N)nc1C1=CCCC=C1F. The Morgan fingerprint density at radius 3 is 2.73 bits per heavy atom. The predicted molar refractivity (Wildman–Crippen MR) is 59.8 cm³/mol. The summed E-state index contributed by atoms with van der Waals surface area (Å²) in [6.07, 6.45) is 5.10. The second kappa shape index (κ2) is 3.85. The fraction of sp³-hybridized carbons (Fsp3) is 0.250. The molecule has 0 aromatic carbocycles. The Morgan fingerprint density at radius 1 is 1.27 bits per heavy atom. The molecule has 0 bridgehead atoms. The van der Waals surface area contributed by atoms with Gasteiger partial charge < -0.3 is 5.73 Å². The highest BCUT2D eigenvalue weighted by Gasteiger charge is 2.14. The Labute approximate surface area is 88.3 Å². The number of allylic oxidation sites excluding steroid dienone is 4. The Balaban J connectivity index is 2.49. The van der Waals surface area contributed by atoms with Gasteiger partial charge in [-0.25, -0.2) is 9.37 Å². The molecule has 0 fully saturated rings. The van der Waals surface area contributed by atoms with Crippen LogP contribution in [-0.4, -0.2) is 4.98 Å². The number of nitrogens with zero attached hydrogens (tertiary/aromatic N) is 1. The van der Waals surface area contributed by atoms with Crippen LogP contribution in [0.2, 0.25) is 0 Å². The van der Waals surface area contributed by atoms with Crippen molar-refractivity contribution in [1.29, 1.82) is 0 Å². The molecule has 3 heteroatoms. The van der Waals surface area contributed by atoms with Crippen LogP contribution in [0.25, 0.3) is 5.57 Å². The van der Waals surface area contributed by atoms with E-state index in [1.54, 1.807) is 12.1 Å². The van der Waals surface area contributed by atoms with Crippen molar-refractivity contribution < 1.29 is 4.39 Å². The van der Waals surface area contributed by atoms with E-state index in [-0.39, 0.29) is 5.83 Å². The van der Waals surface area contributed by atoms with E-state index >= 15 is 0 Å². The summed E-state index contributed by atoms with van der Waals surface area (Å²) in [5.74, 6) is 0.234. The first-order valence-electron chi connectivity index (χ1n) is 4.98. The number of anilines is 1. The molecule has 0 amide bonds. The van der Waals surface area contributed by atoms with Gasteiger partial charge in [-0.15, -0.1) is 0 Å². The molecular formula is C12H13FN2. The van der Waals surface area contributed by atoms with E-state index in [2.05, 4.69) is 4.98 Å². The van der Waals surface area contributed by atoms with Crippen LogP contribution in [0.1, 0.15) is 24.1 Å². The molecule has 2 N–H and O–H groups in total. The fourth-order valence-corrected chi connectivity index (χ4v) is 1.67. The lowest BCUT2D eigenvalue weighted by molar-refractivity contribution is 0.659. The Morgan fingerprint density at radius 2 is 2.00 bits per heavy atom. The average Bonchev–Trinajstić information content (AvgIpc) is 2.23. The molecule has 0 unspecified atom stereocenters. The predicted octanol–water partition coefficient (Wildman–Crippen LogP) is 3.00. The summed E-state index contributed by atoms with van der Waals surface area (Å²) in [6, 6.07) is 3.59. The summed E-state index contributed by atoms with van der Waals surface area (Å²) >= 11 is 0. The number of rotatable bonds is 1. The molecule has 1 heterocycles. The second-order valence-corrected chi connectivity index (χ2v) is 3.65. The van der Waals surface area contributed by atoms with Crippen molar-refractivity contribution in [1.82, 2.24) is 4.98 Å². The number of aromatic nitrogens is 1. The third-order valence-electron chi connectivity index (χ3n) is 2.47. The normalized spacial score (nSPS) is 15.9.